The lowest BCUT2D eigenvalue weighted by Crippen LogP contribution is -2.29. The number of ether oxygens (including phenoxy) is 1. The average molecular weight is 414 g/mol. The molecule has 9 heteroatoms. The summed E-state index contributed by atoms with van der Waals surface area (Å²) < 4.78 is 33.2. The Labute approximate surface area is 165 Å². The summed E-state index contributed by atoms with van der Waals surface area (Å²) in [7, 11) is -2.56. The molecule has 0 unspecified atom stereocenters. The normalized spacial score (nSPS) is 10.6. The number of rotatable bonds is 8. The highest BCUT2D eigenvalue weighted by atomic mass is 35.5. The number of methoxy groups -OCH3 is 1. The molecule has 0 heterocycles. The van der Waals surface area contributed by atoms with Crippen LogP contribution in [0.5, 0.6) is 5.75 Å². The first-order valence-corrected chi connectivity index (χ1v) is 9.67. The Balaban J connectivity index is 0.00000364. The topological polar surface area (TPSA) is 111 Å². The van der Waals surface area contributed by atoms with E-state index < -0.39 is 15.9 Å². The lowest BCUT2D eigenvalue weighted by Gasteiger charge is -2.13. The van der Waals surface area contributed by atoms with Gasteiger partial charge in [-0.1, -0.05) is 19.1 Å². The number of hydrogen-bond donors (Lipinski definition) is 3. The van der Waals surface area contributed by atoms with Crippen molar-refractivity contribution in [3.8, 4) is 5.75 Å². The standard InChI is InChI=1S/C18H23N3O4S.ClH/c1-3-13-4-7-15(8-5-13)21-26(23,24)17-12-14(6-9-16(17)25-2)18(22)20-11-10-19;/h4-9,12,21H,3,10-11,19H2,1-2H3,(H,20,22);1H. The fourth-order valence-electron chi connectivity index (χ4n) is 2.33. The van der Waals surface area contributed by atoms with E-state index in [4.69, 9.17) is 10.5 Å². The number of sulfonamides is 1. The molecule has 0 aromatic heterocycles. The number of carbonyl (C=O) groups excluding carboxylic acids is 1. The van der Waals surface area contributed by atoms with Gasteiger partial charge in [0, 0.05) is 24.3 Å². The Morgan fingerprint density at radius 3 is 2.37 bits per heavy atom. The first-order valence-electron chi connectivity index (χ1n) is 8.19. The van der Waals surface area contributed by atoms with Gasteiger partial charge in [0.25, 0.3) is 15.9 Å². The van der Waals surface area contributed by atoms with Crippen molar-refractivity contribution < 1.29 is 17.9 Å². The van der Waals surface area contributed by atoms with Crippen LogP contribution in [0.2, 0.25) is 0 Å². The van der Waals surface area contributed by atoms with Gasteiger partial charge in [0.05, 0.1) is 7.11 Å². The van der Waals surface area contributed by atoms with E-state index in [0.717, 1.165) is 12.0 Å². The number of anilines is 1. The SMILES string of the molecule is CCc1ccc(NS(=O)(=O)c2cc(C(=O)NCCN)ccc2OC)cc1.Cl. The van der Waals surface area contributed by atoms with Crippen LogP contribution in [0.15, 0.2) is 47.4 Å². The Kier molecular flexibility index (Phi) is 8.55. The van der Waals surface area contributed by atoms with E-state index >= 15 is 0 Å². The monoisotopic (exact) mass is 413 g/mol. The van der Waals surface area contributed by atoms with Crippen LogP contribution in [0, 0.1) is 0 Å². The summed E-state index contributed by atoms with van der Waals surface area (Å²) in [4.78, 5) is 12.0. The summed E-state index contributed by atoms with van der Waals surface area (Å²) >= 11 is 0. The molecule has 0 fully saturated rings. The Morgan fingerprint density at radius 2 is 1.81 bits per heavy atom. The molecule has 0 aliphatic carbocycles. The van der Waals surface area contributed by atoms with Gasteiger partial charge in [0.2, 0.25) is 0 Å². The van der Waals surface area contributed by atoms with Crippen LogP contribution in [-0.4, -0.2) is 34.5 Å². The number of benzene rings is 2. The van der Waals surface area contributed by atoms with E-state index in [-0.39, 0.29) is 28.6 Å². The van der Waals surface area contributed by atoms with E-state index in [1.807, 2.05) is 19.1 Å². The molecule has 1 amide bonds. The Bertz CT molecular complexity index is 871. The van der Waals surface area contributed by atoms with Crippen molar-refractivity contribution in [2.24, 2.45) is 5.73 Å². The van der Waals surface area contributed by atoms with Gasteiger partial charge in [0.15, 0.2) is 0 Å². The summed E-state index contributed by atoms with van der Waals surface area (Å²) in [5.41, 5.74) is 7.11. The van der Waals surface area contributed by atoms with E-state index in [0.29, 0.717) is 18.8 Å². The molecule has 148 valence electrons. The minimum atomic E-state index is -3.93. The molecule has 0 saturated heterocycles. The lowest BCUT2D eigenvalue weighted by atomic mass is 10.2. The fraction of sp³-hybridized carbons (Fsp3) is 0.278. The van der Waals surface area contributed by atoms with Crippen LogP contribution in [0.1, 0.15) is 22.8 Å². The van der Waals surface area contributed by atoms with E-state index in [9.17, 15) is 13.2 Å². The summed E-state index contributed by atoms with van der Waals surface area (Å²) in [5, 5.41) is 2.61. The van der Waals surface area contributed by atoms with E-state index in [2.05, 4.69) is 10.0 Å². The zero-order chi connectivity index (χ0) is 19.2. The second-order valence-corrected chi connectivity index (χ2v) is 7.22. The third-order valence-corrected chi connectivity index (χ3v) is 5.16. The summed E-state index contributed by atoms with van der Waals surface area (Å²) in [6, 6.07) is 11.3. The van der Waals surface area contributed by atoms with Gasteiger partial charge < -0.3 is 15.8 Å². The van der Waals surface area contributed by atoms with Crippen LogP contribution in [-0.2, 0) is 16.4 Å². The Morgan fingerprint density at radius 1 is 1.15 bits per heavy atom. The molecule has 2 aromatic carbocycles. The van der Waals surface area contributed by atoms with Crippen LogP contribution in [0.3, 0.4) is 0 Å². The maximum atomic E-state index is 12.8. The van der Waals surface area contributed by atoms with Gasteiger partial charge in [-0.25, -0.2) is 8.42 Å². The van der Waals surface area contributed by atoms with Crippen LogP contribution in [0.4, 0.5) is 5.69 Å². The quantitative estimate of drug-likeness (QED) is 0.614. The molecule has 4 N–H and O–H groups in total. The van der Waals surface area contributed by atoms with E-state index in [1.54, 1.807) is 12.1 Å². The maximum absolute atomic E-state index is 12.8. The molecule has 0 saturated carbocycles. The smallest absolute Gasteiger partial charge is 0.265 e. The molecule has 2 aromatic rings. The Hall–Kier alpha value is -2.29. The minimum absolute atomic E-state index is 0. The predicted octanol–water partition coefficient (Wildman–Crippen LogP) is 2.17. The number of nitrogens with two attached hydrogens (primary N) is 1. The summed E-state index contributed by atoms with van der Waals surface area (Å²) in [6.07, 6.45) is 0.862. The molecule has 0 bridgehead atoms. The van der Waals surface area contributed by atoms with Crippen molar-refractivity contribution >= 4 is 34.0 Å². The second-order valence-electron chi connectivity index (χ2n) is 5.57. The number of nitrogens with one attached hydrogen (secondary N) is 2. The third kappa shape index (κ3) is 5.85. The fourth-order valence-corrected chi connectivity index (χ4v) is 3.59. The first-order chi connectivity index (χ1) is 12.4. The first kappa shape index (κ1) is 22.8. The average Bonchev–Trinajstić information content (AvgIpc) is 2.65. The second kappa shape index (κ2) is 10.1. The molecule has 0 atom stereocenters. The molecule has 0 spiro atoms. The molecule has 0 radical (unpaired) electrons. The van der Waals surface area contributed by atoms with Gasteiger partial charge in [-0.2, -0.15) is 0 Å². The zero-order valence-corrected chi connectivity index (χ0v) is 16.8. The van der Waals surface area contributed by atoms with Crippen LogP contribution < -0.4 is 20.5 Å². The van der Waals surface area contributed by atoms with Crippen molar-refractivity contribution in [1.82, 2.24) is 5.32 Å². The van der Waals surface area contributed by atoms with Gasteiger partial charge in [0.1, 0.15) is 10.6 Å². The largest absolute Gasteiger partial charge is 0.495 e. The van der Waals surface area contributed by atoms with Crippen LogP contribution in [0.25, 0.3) is 0 Å². The lowest BCUT2D eigenvalue weighted by molar-refractivity contribution is 0.0954. The molecule has 27 heavy (non-hydrogen) atoms. The molecular weight excluding hydrogens is 390 g/mol. The molecular formula is C18H24ClN3O4S. The van der Waals surface area contributed by atoms with Gasteiger partial charge in [-0.3, -0.25) is 9.52 Å². The maximum Gasteiger partial charge on any atom is 0.265 e. The number of aryl methyl sites for hydroxylation is 1. The van der Waals surface area contributed by atoms with Crippen molar-refractivity contribution in [3.05, 3.63) is 53.6 Å². The predicted molar refractivity (Wildman–Crippen MR) is 108 cm³/mol. The molecule has 0 aliphatic heterocycles. The van der Waals surface area contributed by atoms with Crippen LogP contribution >= 0.6 is 12.4 Å². The van der Waals surface area contributed by atoms with Gasteiger partial charge in [-0.15, -0.1) is 12.4 Å². The van der Waals surface area contributed by atoms with Gasteiger partial charge >= 0.3 is 0 Å². The summed E-state index contributed by atoms with van der Waals surface area (Å²) in [5.74, 6) is -0.250. The highest BCUT2D eigenvalue weighted by Gasteiger charge is 2.22. The minimum Gasteiger partial charge on any atom is -0.495 e. The molecule has 0 aliphatic rings. The highest BCUT2D eigenvalue weighted by molar-refractivity contribution is 7.92. The number of amides is 1. The highest BCUT2D eigenvalue weighted by Crippen LogP contribution is 2.27. The third-order valence-electron chi connectivity index (χ3n) is 3.76. The van der Waals surface area contributed by atoms with Crippen molar-refractivity contribution in [2.45, 2.75) is 18.2 Å². The van der Waals surface area contributed by atoms with Crippen molar-refractivity contribution in [3.63, 3.8) is 0 Å². The van der Waals surface area contributed by atoms with Gasteiger partial charge in [-0.05, 0) is 42.3 Å². The van der Waals surface area contributed by atoms with Crippen molar-refractivity contribution in [2.75, 3.05) is 24.9 Å². The number of halogens is 1. The number of carbonyl (C=O) groups is 1. The van der Waals surface area contributed by atoms with E-state index in [1.165, 1.54) is 25.3 Å². The number of hydrogen-bond acceptors (Lipinski definition) is 5. The zero-order valence-electron chi connectivity index (χ0n) is 15.2. The molecule has 7 nitrogen and oxygen atoms in total. The van der Waals surface area contributed by atoms with Crippen molar-refractivity contribution in [1.29, 1.82) is 0 Å². The molecule has 2 rings (SSSR count). The summed E-state index contributed by atoms with van der Waals surface area (Å²) in [6.45, 7) is 2.61.